The van der Waals surface area contributed by atoms with Gasteiger partial charge in [0.05, 0.1) is 17.5 Å². The zero-order valence-corrected chi connectivity index (χ0v) is 9.75. The highest BCUT2D eigenvalue weighted by Gasteiger charge is 2.28. The standard InChI is InChI=1S/C9H15F3N2OS/c1-2-3-6(8(13)16)14-7(15)4-5-9(10,11)12/h6H,2-5H2,1H3,(H2,13,16)(H,14,15). The summed E-state index contributed by atoms with van der Waals surface area (Å²) < 4.78 is 35.5. The Morgan fingerprint density at radius 1 is 1.50 bits per heavy atom. The van der Waals surface area contributed by atoms with Crippen LogP contribution in [0.2, 0.25) is 0 Å². The van der Waals surface area contributed by atoms with Gasteiger partial charge in [-0.3, -0.25) is 4.79 Å². The minimum absolute atomic E-state index is 0.0993. The summed E-state index contributed by atoms with van der Waals surface area (Å²) in [6.07, 6.45) is -4.77. The molecule has 3 nitrogen and oxygen atoms in total. The van der Waals surface area contributed by atoms with Crippen LogP contribution in [0.25, 0.3) is 0 Å². The third-order valence-electron chi connectivity index (χ3n) is 1.89. The molecule has 0 aliphatic heterocycles. The molecule has 0 aliphatic carbocycles. The third-order valence-corrected chi connectivity index (χ3v) is 2.18. The van der Waals surface area contributed by atoms with Crippen LogP contribution < -0.4 is 11.1 Å². The number of hydrogen-bond acceptors (Lipinski definition) is 2. The minimum Gasteiger partial charge on any atom is -0.392 e. The van der Waals surface area contributed by atoms with E-state index in [0.717, 1.165) is 6.42 Å². The second-order valence-corrected chi connectivity index (χ2v) is 3.90. The van der Waals surface area contributed by atoms with Crippen molar-refractivity contribution in [2.24, 2.45) is 5.73 Å². The number of carbonyl (C=O) groups is 1. The summed E-state index contributed by atoms with van der Waals surface area (Å²) in [5.74, 6) is -0.677. The van der Waals surface area contributed by atoms with Crippen molar-refractivity contribution in [1.29, 1.82) is 0 Å². The molecule has 3 N–H and O–H groups in total. The lowest BCUT2D eigenvalue weighted by Gasteiger charge is -2.16. The molecule has 0 aliphatic rings. The van der Waals surface area contributed by atoms with E-state index in [-0.39, 0.29) is 4.99 Å². The molecule has 16 heavy (non-hydrogen) atoms. The zero-order chi connectivity index (χ0) is 12.8. The van der Waals surface area contributed by atoms with Crippen molar-refractivity contribution in [1.82, 2.24) is 5.32 Å². The van der Waals surface area contributed by atoms with Gasteiger partial charge < -0.3 is 11.1 Å². The molecule has 0 radical (unpaired) electrons. The van der Waals surface area contributed by atoms with Gasteiger partial charge >= 0.3 is 6.18 Å². The molecule has 7 heteroatoms. The number of nitrogens with one attached hydrogen (secondary N) is 1. The Morgan fingerprint density at radius 2 is 2.06 bits per heavy atom. The van der Waals surface area contributed by atoms with Crippen molar-refractivity contribution in [3.63, 3.8) is 0 Å². The van der Waals surface area contributed by atoms with Crippen molar-refractivity contribution in [3.05, 3.63) is 0 Å². The lowest BCUT2D eigenvalue weighted by molar-refractivity contribution is -0.144. The summed E-state index contributed by atoms with van der Waals surface area (Å²) in [4.78, 5) is 11.3. The molecule has 0 aromatic heterocycles. The molecule has 94 valence electrons. The van der Waals surface area contributed by atoms with E-state index in [1.54, 1.807) is 0 Å². The summed E-state index contributed by atoms with van der Waals surface area (Å²) in [5, 5.41) is 2.38. The Hall–Kier alpha value is -0.850. The van der Waals surface area contributed by atoms with Crippen molar-refractivity contribution < 1.29 is 18.0 Å². The molecule has 1 atom stereocenters. The first kappa shape index (κ1) is 15.2. The van der Waals surface area contributed by atoms with Crippen LogP contribution in [0.5, 0.6) is 0 Å². The Labute approximate surface area is 97.6 Å². The van der Waals surface area contributed by atoms with Crippen LogP contribution in [-0.4, -0.2) is 23.1 Å². The van der Waals surface area contributed by atoms with Crippen LogP contribution in [0, 0.1) is 0 Å². The Bertz CT molecular complexity index is 256. The Kier molecular flexibility index (Phi) is 6.32. The van der Waals surface area contributed by atoms with Crippen LogP contribution >= 0.6 is 12.2 Å². The van der Waals surface area contributed by atoms with Crippen LogP contribution in [0.4, 0.5) is 13.2 Å². The number of rotatable bonds is 6. The fraction of sp³-hybridized carbons (Fsp3) is 0.778. The lowest BCUT2D eigenvalue weighted by atomic mass is 10.1. The van der Waals surface area contributed by atoms with Gasteiger partial charge in [0.2, 0.25) is 5.91 Å². The maximum atomic E-state index is 11.8. The number of halogens is 3. The van der Waals surface area contributed by atoms with Gasteiger partial charge in [-0.05, 0) is 6.42 Å². The first-order valence-corrected chi connectivity index (χ1v) is 5.32. The highest BCUT2D eigenvalue weighted by molar-refractivity contribution is 7.80. The third kappa shape index (κ3) is 7.44. The van der Waals surface area contributed by atoms with Gasteiger partial charge in [0.1, 0.15) is 0 Å². The monoisotopic (exact) mass is 256 g/mol. The van der Waals surface area contributed by atoms with E-state index in [1.165, 1.54) is 0 Å². The molecule has 1 unspecified atom stereocenters. The maximum Gasteiger partial charge on any atom is 0.389 e. The predicted octanol–water partition coefficient (Wildman–Crippen LogP) is 1.90. The van der Waals surface area contributed by atoms with Gasteiger partial charge in [-0.25, -0.2) is 0 Å². The van der Waals surface area contributed by atoms with Crippen LogP contribution in [-0.2, 0) is 4.79 Å². The highest BCUT2D eigenvalue weighted by Crippen LogP contribution is 2.21. The summed E-state index contributed by atoms with van der Waals surface area (Å²) in [6.45, 7) is 1.87. The molecule has 0 aromatic carbocycles. The fourth-order valence-electron chi connectivity index (χ4n) is 1.10. The van der Waals surface area contributed by atoms with Gasteiger partial charge in [-0.2, -0.15) is 13.2 Å². The van der Waals surface area contributed by atoms with Gasteiger partial charge in [0.15, 0.2) is 0 Å². The number of alkyl halides is 3. The first-order chi connectivity index (χ1) is 7.26. The van der Waals surface area contributed by atoms with Crippen LogP contribution in [0.1, 0.15) is 32.6 Å². The quantitative estimate of drug-likeness (QED) is 0.714. The molecule has 0 saturated heterocycles. The Balaban J connectivity index is 4.05. The Morgan fingerprint density at radius 3 is 2.44 bits per heavy atom. The number of nitrogens with two attached hydrogens (primary N) is 1. The fourth-order valence-corrected chi connectivity index (χ4v) is 1.27. The van der Waals surface area contributed by atoms with E-state index >= 15 is 0 Å². The summed E-state index contributed by atoms with van der Waals surface area (Å²) >= 11 is 4.70. The van der Waals surface area contributed by atoms with Gasteiger partial charge in [0.25, 0.3) is 0 Å². The molecule has 0 heterocycles. The van der Waals surface area contributed by atoms with Crippen molar-refractivity contribution in [3.8, 4) is 0 Å². The van der Waals surface area contributed by atoms with E-state index in [1.807, 2.05) is 6.92 Å². The van der Waals surface area contributed by atoms with Gasteiger partial charge in [0, 0.05) is 6.42 Å². The van der Waals surface area contributed by atoms with E-state index in [0.29, 0.717) is 6.42 Å². The van der Waals surface area contributed by atoms with Crippen LogP contribution in [0.3, 0.4) is 0 Å². The van der Waals surface area contributed by atoms with Crippen molar-refractivity contribution >= 4 is 23.1 Å². The van der Waals surface area contributed by atoms with E-state index < -0.39 is 31.0 Å². The normalized spacial score (nSPS) is 13.2. The smallest absolute Gasteiger partial charge is 0.389 e. The maximum absolute atomic E-state index is 11.8. The number of thiocarbonyl (C=S) groups is 1. The lowest BCUT2D eigenvalue weighted by Crippen LogP contribution is -2.43. The van der Waals surface area contributed by atoms with E-state index in [9.17, 15) is 18.0 Å². The number of carbonyl (C=O) groups excluding carboxylic acids is 1. The molecule has 0 fully saturated rings. The second kappa shape index (κ2) is 6.67. The molecular weight excluding hydrogens is 241 g/mol. The van der Waals surface area contributed by atoms with Crippen molar-refractivity contribution in [2.75, 3.05) is 0 Å². The van der Waals surface area contributed by atoms with E-state index in [4.69, 9.17) is 18.0 Å². The SMILES string of the molecule is CCCC(NC(=O)CCC(F)(F)F)C(N)=S. The number of hydrogen-bond donors (Lipinski definition) is 2. The van der Waals surface area contributed by atoms with Crippen LogP contribution in [0.15, 0.2) is 0 Å². The minimum atomic E-state index is -4.32. The average Bonchev–Trinajstić information content (AvgIpc) is 2.13. The van der Waals surface area contributed by atoms with E-state index in [2.05, 4.69) is 5.32 Å². The van der Waals surface area contributed by atoms with Crippen molar-refractivity contribution in [2.45, 2.75) is 44.8 Å². The first-order valence-electron chi connectivity index (χ1n) is 4.91. The van der Waals surface area contributed by atoms with Gasteiger partial charge in [-0.15, -0.1) is 0 Å². The number of amides is 1. The largest absolute Gasteiger partial charge is 0.392 e. The molecule has 1 amide bonds. The molecule has 0 spiro atoms. The molecular formula is C9H15F3N2OS. The average molecular weight is 256 g/mol. The zero-order valence-electron chi connectivity index (χ0n) is 8.93. The molecule has 0 rings (SSSR count). The molecule has 0 bridgehead atoms. The summed E-state index contributed by atoms with van der Waals surface area (Å²) in [6, 6.07) is -0.513. The van der Waals surface area contributed by atoms with Gasteiger partial charge in [-0.1, -0.05) is 25.6 Å². The summed E-state index contributed by atoms with van der Waals surface area (Å²) in [7, 11) is 0. The topological polar surface area (TPSA) is 55.1 Å². The molecule has 0 saturated carbocycles. The molecule has 0 aromatic rings. The highest BCUT2D eigenvalue weighted by atomic mass is 32.1. The second-order valence-electron chi connectivity index (χ2n) is 3.43. The predicted molar refractivity (Wildman–Crippen MR) is 58.9 cm³/mol. The summed E-state index contributed by atoms with van der Waals surface area (Å²) in [5.41, 5.74) is 5.35.